The quantitative estimate of drug-likeness (QED) is 0.612. The van der Waals surface area contributed by atoms with Crippen molar-refractivity contribution in [3.63, 3.8) is 0 Å². The van der Waals surface area contributed by atoms with E-state index in [0.717, 1.165) is 12.7 Å². The SMILES string of the molecule is COc1ccc(OC)c(S(C)(=O)=O)c1C1(N=C=O)CCC1. The van der Waals surface area contributed by atoms with Crippen molar-refractivity contribution >= 4 is 15.9 Å². The highest BCUT2D eigenvalue weighted by Gasteiger charge is 2.45. The molecule has 1 aliphatic carbocycles. The lowest BCUT2D eigenvalue weighted by atomic mass is 9.72. The maximum absolute atomic E-state index is 12.2. The summed E-state index contributed by atoms with van der Waals surface area (Å²) in [6.07, 6.45) is 4.67. The molecule has 1 aromatic rings. The minimum Gasteiger partial charge on any atom is -0.496 e. The fraction of sp³-hybridized carbons (Fsp3) is 0.500. The van der Waals surface area contributed by atoms with Gasteiger partial charge >= 0.3 is 0 Å². The van der Waals surface area contributed by atoms with Crippen molar-refractivity contribution in [1.29, 1.82) is 0 Å². The Hall–Kier alpha value is -1.85. The highest BCUT2D eigenvalue weighted by atomic mass is 32.2. The molecule has 0 aromatic heterocycles. The third-order valence-electron chi connectivity index (χ3n) is 3.80. The summed E-state index contributed by atoms with van der Waals surface area (Å²) in [4.78, 5) is 14.7. The Bertz CT molecular complexity index is 700. The molecule has 21 heavy (non-hydrogen) atoms. The lowest BCUT2D eigenvalue weighted by Gasteiger charge is -2.39. The average molecular weight is 311 g/mol. The number of hydrogen-bond acceptors (Lipinski definition) is 6. The number of rotatable bonds is 5. The van der Waals surface area contributed by atoms with Crippen LogP contribution >= 0.6 is 0 Å². The summed E-state index contributed by atoms with van der Waals surface area (Å²) in [5, 5.41) is 0. The number of hydrogen-bond donors (Lipinski definition) is 0. The number of isocyanates is 1. The minimum atomic E-state index is -3.58. The van der Waals surface area contributed by atoms with E-state index < -0.39 is 15.4 Å². The summed E-state index contributed by atoms with van der Waals surface area (Å²) in [5.74, 6) is 0.607. The molecule has 0 unspecified atom stereocenters. The number of ether oxygens (including phenoxy) is 2. The van der Waals surface area contributed by atoms with Crippen molar-refractivity contribution in [1.82, 2.24) is 0 Å². The molecule has 114 valence electrons. The molecule has 6 nitrogen and oxygen atoms in total. The van der Waals surface area contributed by atoms with Gasteiger partial charge in [0, 0.05) is 11.8 Å². The number of aliphatic imine (C=N–C) groups is 1. The van der Waals surface area contributed by atoms with Crippen LogP contribution in [0.15, 0.2) is 22.0 Å². The molecule has 0 N–H and O–H groups in total. The van der Waals surface area contributed by atoms with Gasteiger partial charge in [0.05, 0.1) is 14.2 Å². The van der Waals surface area contributed by atoms with Crippen LogP contribution in [0.5, 0.6) is 11.5 Å². The van der Waals surface area contributed by atoms with Crippen LogP contribution in [-0.2, 0) is 20.2 Å². The van der Waals surface area contributed by atoms with Gasteiger partial charge in [-0.3, -0.25) is 0 Å². The zero-order valence-electron chi connectivity index (χ0n) is 12.2. The highest BCUT2D eigenvalue weighted by Crippen LogP contribution is 2.52. The van der Waals surface area contributed by atoms with E-state index in [2.05, 4.69) is 4.99 Å². The first-order valence-electron chi connectivity index (χ1n) is 6.44. The standard InChI is InChI=1S/C14H17NO5S/c1-19-10-5-6-11(20-2)13(21(3,17)18)12(10)14(15-9-16)7-4-8-14/h5-6H,4,7-8H2,1-3H3. The predicted molar refractivity (Wildman–Crippen MR) is 76.3 cm³/mol. The van der Waals surface area contributed by atoms with Crippen molar-refractivity contribution in [2.75, 3.05) is 20.5 Å². The van der Waals surface area contributed by atoms with E-state index >= 15 is 0 Å². The third kappa shape index (κ3) is 2.54. The van der Waals surface area contributed by atoms with E-state index in [1.165, 1.54) is 20.3 Å². The molecule has 1 aromatic carbocycles. The molecule has 2 rings (SSSR count). The van der Waals surface area contributed by atoms with Gasteiger partial charge in [0.1, 0.15) is 21.9 Å². The van der Waals surface area contributed by atoms with Gasteiger partial charge in [-0.2, -0.15) is 4.99 Å². The zero-order valence-corrected chi connectivity index (χ0v) is 13.0. The largest absolute Gasteiger partial charge is 0.496 e. The Morgan fingerprint density at radius 3 is 2.14 bits per heavy atom. The average Bonchev–Trinajstić information content (AvgIpc) is 2.40. The second kappa shape index (κ2) is 5.50. The maximum Gasteiger partial charge on any atom is 0.235 e. The first kappa shape index (κ1) is 15.5. The van der Waals surface area contributed by atoms with Gasteiger partial charge in [0.25, 0.3) is 0 Å². The highest BCUT2D eigenvalue weighted by molar-refractivity contribution is 7.90. The lowest BCUT2D eigenvalue weighted by molar-refractivity contribution is 0.238. The molecule has 0 amide bonds. The zero-order chi connectivity index (χ0) is 15.7. The Labute approximate surface area is 123 Å². The van der Waals surface area contributed by atoms with E-state index in [9.17, 15) is 13.2 Å². The monoisotopic (exact) mass is 311 g/mol. The maximum atomic E-state index is 12.2. The van der Waals surface area contributed by atoms with Crippen molar-refractivity contribution in [2.45, 2.75) is 29.7 Å². The van der Waals surface area contributed by atoms with Crippen LogP contribution in [0, 0.1) is 0 Å². The second-order valence-electron chi connectivity index (χ2n) is 5.03. The summed E-state index contributed by atoms with van der Waals surface area (Å²) in [7, 11) is -0.729. The first-order chi connectivity index (χ1) is 9.89. The number of methoxy groups -OCH3 is 2. The summed E-state index contributed by atoms with van der Waals surface area (Å²) in [6, 6.07) is 3.17. The fourth-order valence-corrected chi connectivity index (χ4v) is 3.88. The summed E-state index contributed by atoms with van der Waals surface area (Å²) in [6.45, 7) is 0. The van der Waals surface area contributed by atoms with E-state index in [1.807, 2.05) is 0 Å². The molecule has 1 aliphatic rings. The van der Waals surface area contributed by atoms with Crippen molar-refractivity contribution < 1.29 is 22.7 Å². The van der Waals surface area contributed by atoms with Crippen molar-refractivity contribution in [3.8, 4) is 11.5 Å². The number of benzene rings is 1. The summed E-state index contributed by atoms with van der Waals surface area (Å²) >= 11 is 0. The van der Waals surface area contributed by atoms with Crippen LogP contribution in [0.2, 0.25) is 0 Å². The van der Waals surface area contributed by atoms with Gasteiger partial charge in [-0.1, -0.05) is 0 Å². The van der Waals surface area contributed by atoms with Crippen LogP contribution in [0.4, 0.5) is 0 Å². The molecule has 0 heterocycles. The van der Waals surface area contributed by atoms with Crippen LogP contribution in [0.3, 0.4) is 0 Å². The molecule has 0 radical (unpaired) electrons. The Kier molecular flexibility index (Phi) is 4.07. The molecular formula is C14H17NO5S. The van der Waals surface area contributed by atoms with Crippen LogP contribution in [0.1, 0.15) is 24.8 Å². The fourth-order valence-electron chi connectivity index (χ4n) is 2.70. The predicted octanol–water partition coefficient (Wildman–Crippen LogP) is 1.82. The molecule has 0 bridgehead atoms. The smallest absolute Gasteiger partial charge is 0.235 e. The normalized spacial score (nSPS) is 16.5. The molecular weight excluding hydrogens is 294 g/mol. The minimum absolute atomic E-state index is 0.0306. The number of sulfone groups is 1. The molecule has 1 fully saturated rings. The molecule has 0 saturated heterocycles. The molecule has 0 spiro atoms. The van der Waals surface area contributed by atoms with Gasteiger partial charge in [-0.15, -0.1) is 0 Å². The summed E-state index contributed by atoms with van der Waals surface area (Å²) < 4.78 is 34.9. The molecule has 1 saturated carbocycles. The van der Waals surface area contributed by atoms with Gasteiger partial charge in [0.15, 0.2) is 9.84 Å². The summed E-state index contributed by atoms with van der Waals surface area (Å²) in [5.41, 5.74) is -0.499. The van der Waals surface area contributed by atoms with Gasteiger partial charge in [0.2, 0.25) is 6.08 Å². The van der Waals surface area contributed by atoms with Crippen LogP contribution in [0.25, 0.3) is 0 Å². The van der Waals surface area contributed by atoms with Crippen molar-refractivity contribution in [3.05, 3.63) is 17.7 Å². The Morgan fingerprint density at radius 1 is 1.19 bits per heavy atom. The lowest BCUT2D eigenvalue weighted by Crippen LogP contribution is -2.34. The topological polar surface area (TPSA) is 82.0 Å². The van der Waals surface area contributed by atoms with Gasteiger partial charge < -0.3 is 9.47 Å². The third-order valence-corrected chi connectivity index (χ3v) is 4.95. The first-order valence-corrected chi connectivity index (χ1v) is 8.33. The molecule has 0 aliphatic heterocycles. The Morgan fingerprint density at radius 2 is 1.76 bits per heavy atom. The van der Waals surface area contributed by atoms with Gasteiger partial charge in [-0.05, 0) is 31.4 Å². The van der Waals surface area contributed by atoms with Crippen LogP contribution in [-0.4, -0.2) is 35.0 Å². The van der Waals surface area contributed by atoms with Crippen molar-refractivity contribution in [2.24, 2.45) is 4.99 Å². The molecule has 0 atom stereocenters. The van der Waals surface area contributed by atoms with Gasteiger partial charge in [-0.25, -0.2) is 13.2 Å². The van der Waals surface area contributed by atoms with E-state index in [4.69, 9.17) is 9.47 Å². The van der Waals surface area contributed by atoms with E-state index in [0.29, 0.717) is 24.2 Å². The van der Waals surface area contributed by atoms with Crippen LogP contribution < -0.4 is 9.47 Å². The number of carbonyl (C=O) groups excluding carboxylic acids is 1. The van der Waals surface area contributed by atoms with E-state index in [1.54, 1.807) is 12.1 Å². The second-order valence-corrected chi connectivity index (χ2v) is 6.99. The Balaban J connectivity index is 2.87. The number of nitrogens with zero attached hydrogens (tertiary/aromatic N) is 1. The molecule has 7 heteroatoms. The van der Waals surface area contributed by atoms with E-state index in [-0.39, 0.29) is 10.6 Å².